The summed E-state index contributed by atoms with van der Waals surface area (Å²) in [5.41, 5.74) is 2.77. The summed E-state index contributed by atoms with van der Waals surface area (Å²) in [5.74, 6) is 0.382. The van der Waals surface area contributed by atoms with Crippen molar-refractivity contribution in [3.05, 3.63) is 96.1 Å². The van der Waals surface area contributed by atoms with Gasteiger partial charge in [-0.05, 0) is 24.3 Å². The molecular weight excluding hydrogens is 352 g/mol. The first-order valence-corrected chi connectivity index (χ1v) is 8.93. The highest BCUT2D eigenvalue weighted by molar-refractivity contribution is 5.97. The lowest BCUT2D eigenvalue weighted by atomic mass is 10.1. The van der Waals surface area contributed by atoms with E-state index in [-0.39, 0.29) is 24.8 Å². The van der Waals surface area contributed by atoms with Crippen LogP contribution in [0.5, 0.6) is 0 Å². The quantitative estimate of drug-likeness (QED) is 0.529. The largest absolute Gasteiger partial charge is 0.345 e. The number of rotatable bonds is 6. The van der Waals surface area contributed by atoms with Gasteiger partial charge in [-0.15, -0.1) is 0 Å². The van der Waals surface area contributed by atoms with E-state index in [9.17, 15) is 9.59 Å². The third kappa shape index (κ3) is 3.66. The molecule has 0 fully saturated rings. The molecule has 2 aromatic carbocycles. The van der Waals surface area contributed by atoms with Crippen molar-refractivity contribution in [3.63, 3.8) is 0 Å². The molecule has 2 aromatic heterocycles. The van der Waals surface area contributed by atoms with Crippen LogP contribution in [-0.4, -0.2) is 26.2 Å². The molecule has 28 heavy (non-hydrogen) atoms. The topological polar surface area (TPSA) is 76.9 Å². The summed E-state index contributed by atoms with van der Waals surface area (Å²) in [6, 6.07) is 20.2. The lowest BCUT2D eigenvalue weighted by Crippen LogP contribution is -2.25. The van der Waals surface area contributed by atoms with Gasteiger partial charge in [0.25, 0.3) is 5.91 Å². The summed E-state index contributed by atoms with van der Waals surface area (Å²) in [6.45, 7) is 0.368. The highest BCUT2D eigenvalue weighted by atomic mass is 16.1. The third-order valence-corrected chi connectivity index (χ3v) is 4.46. The van der Waals surface area contributed by atoms with Gasteiger partial charge in [-0.2, -0.15) is 0 Å². The van der Waals surface area contributed by atoms with Crippen LogP contribution in [0.2, 0.25) is 0 Å². The SMILES string of the molecule is O=C(Cn1c(CNC(=O)c2cccnc2)nc2ccccc21)c1ccccc1. The molecule has 0 aliphatic carbocycles. The Morgan fingerprint density at radius 3 is 2.43 bits per heavy atom. The van der Waals surface area contributed by atoms with Crippen LogP contribution in [0.4, 0.5) is 0 Å². The first kappa shape index (κ1) is 17.6. The van der Waals surface area contributed by atoms with E-state index in [2.05, 4.69) is 15.3 Å². The lowest BCUT2D eigenvalue weighted by molar-refractivity contribution is 0.0949. The zero-order valence-electron chi connectivity index (χ0n) is 15.1. The molecule has 1 amide bonds. The van der Waals surface area contributed by atoms with E-state index in [1.54, 1.807) is 30.5 Å². The summed E-state index contributed by atoms with van der Waals surface area (Å²) in [6.07, 6.45) is 3.13. The fourth-order valence-corrected chi connectivity index (χ4v) is 3.05. The fourth-order valence-electron chi connectivity index (χ4n) is 3.05. The molecule has 6 heteroatoms. The van der Waals surface area contributed by atoms with Gasteiger partial charge >= 0.3 is 0 Å². The van der Waals surface area contributed by atoms with Crippen molar-refractivity contribution in [1.29, 1.82) is 0 Å². The number of nitrogens with zero attached hydrogens (tertiary/aromatic N) is 3. The van der Waals surface area contributed by atoms with Crippen molar-refractivity contribution in [2.24, 2.45) is 0 Å². The Kier molecular flexibility index (Phi) is 4.93. The van der Waals surface area contributed by atoms with Crippen LogP contribution >= 0.6 is 0 Å². The van der Waals surface area contributed by atoms with Gasteiger partial charge in [0.05, 0.1) is 29.7 Å². The number of nitrogens with one attached hydrogen (secondary N) is 1. The molecule has 4 rings (SSSR count). The van der Waals surface area contributed by atoms with Gasteiger partial charge in [0, 0.05) is 18.0 Å². The summed E-state index contributed by atoms with van der Waals surface area (Å²) in [7, 11) is 0. The van der Waals surface area contributed by atoms with E-state index in [0.717, 1.165) is 11.0 Å². The zero-order chi connectivity index (χ0) is 19.3. The van der Waals surface area contributed by atoms with Crippen LogP contribution in [-0.2, 0) is 13.1 Å². The highest BCUT2D eigenvalue weighted by Crippen LogP contribution is 2.17. The Balaban J connectivity index is 1.60. The van der Waals surface area contributed by atoms with Crippen molar-refractivity contribution in [2.75, 3.05) is 0 Å². The Morgan fingerprint density at radius 2 is 1.64 bits per heavy atom. The number of carbonyl (C=O) groups is 2. The number of carbonyl (C=O) groups excluding carboxylic acids is 2. The molecule has 2 heterocycles. The van der Waals surface area contributed by atoms with Crippen molar-refractivity contribution in [3.8, 4) is 0 Å². The number of hydrogen-bond donors (Lipinski definition) is 1. The summed E-state index contributed by atoms with van der Waals surface area (Å²) < 4.78 is 1.86. The molecule has 0 saturated heterocycles. The molecule has 1 N–H and O–H groups in total. The molecule has 0 aliphatic heterocycles. The van der Waals surface area contributed by atoms with E-state index in [1.807, 2.05) is 47.0 Å². The number of fused-ring (bicyclic) bond motifs is 1. The van der Waals surface area contributed by atoms with Gasteiger partial charge in [0.2, 0.25) is 0 Å². The molecule has 138 valence electrons. The molecule has 4 aromatic rings. The van der Waals surface area contributed by atoms with E-state index in [4.69, 9.17) is 0 Å². The molecule has 0 aliphatic rings. The van der Waals surface area contributed by atoms with E-state index < -0.39 is 0 Å². The second-order valence-electron chi connectivity index (χ2n) is 6.32. The lowest BCUT2D eigenvalue weighted by Gasteiger charge is -2.10. The number of Topliss-reactive ketones (excluding diaryl/α,β-unsaturated/α-hetero) is 1. The van der Waals surface area contributed by atoms with Crippen LogP contribution in [0, 0.1) is 0 Å². The van der Waals surface area contributed by atoms with Gasteiger partial charge in [-0.3, -0.25) is 14.6 Å². The Labute approximate surface area is 161 Å². The molecule has 0 unspecified atom stereocenters. The van der Waals surface area contributed by atoms with Gasteiger partial charge in [0.15, 0.2) is 5.78 Å². The van der Waals surface area contributed by atoms with E-state index in [1.165, 1.54) is 6.20 Å². The van der Waals surface area contributed by atoms with Crippen molar-refractivity contribution >= 4 is 22.7 Å². The number of aromatic nitrogens is 3. The monoisotopic (exact) mass is 370 g/mol. The third-order valence-electron chi connectivity index (χ3n) is 4.46. The molecule has 6 nitrogen and oxygen atoms in total. The first-order chi connectivity index (χ1) is 13.7. The van der Waals surface area contributed by atoms with Gasteiger partial charge in [-0.1, -0.05) is 42.5 Å². The molecule has 0 saturated carbocycles. The number of pyridine rings is 1. The molecule has 0 bridgehead atoms. The maximum absolute atomic E-state index is 12.7. The van der Waals surface area contributed by atoms with Crippen molar-refractivity contribution < 1.29 is 9.59 Å². The van der Waals surface area contributed by atoms with Crippen LogP contribution < -0.4 is 5.32 Å². The molecule has 0 atom stereocenters. The summed E-state index contributed by atoms with van der Waals surface area (Å²) >= 11 is 0. The Bertz CT molecular complexity index is 1120. The number of ketones is 1. The van der Waals surface area contributed by atoms with Gasteiger partial charge < -0.3 is 9.88 Å². The number of para-hydroxylation sites is 2. The number of imidazole rings is 1. The second-order valence-corrected chi connectivity index (χ2v) is 6.32. The smallest absolute Gasteiger partial charge is 0.253 e. The minimum Gasteiger partial charge on any atom is -0.345 e. The second kappa shape index (κ2) is 7.84. The number of amides is 1. The van der Waals surface area contributed by atoms with Gasteiger partial charge in [-0.25, -0.2) is 4.98 Å². The standard InChI is InChI=1S/C22H18N4O2/c27-20(16-7-2-1-3-8-16)15-26-19-11-5-4-10-18(19)25-21(26)14-24-22(28)17-9-6-12-23-13-17/h1-13H,14-15H2,(H,24,28). The first-order valence-electron chi connectivity index (χ1n) is 8.93. The minimum absolute atomic E-state index is 0.0106. The van der Waals surface area contributed by atoms with Crippen LogP contribution in [0.3, 0.4) is 0 Å². The van der Waals surface area contributed by atoms with E-state index in [0.29, 0.717) is 17.0 Å². The average molecular weight is 370 g/mol. The average Bonchev–Trinajstić information content (AvgIpc) is 3.10. The van der Waals surface area contributed by atoms with Crippen LogP contribution in [0.25, 0.3) is 11.0 Å². The van der Waals surface area contributed by atoms with Crippen molar-refractivity contribution in [2.45, 2.75) is 13.1 Å². The van der Waals surface area contributed by atoms with Crippen LogP contribution in [0.1, 0.15) is 26.5 Å². The maximum Gasteiger partial charge on any atom is 0.253 e. The molecular formula is C22H18N4O2. The number of hydrogen-bond acceptors (Lipinski definition) is 4. The fraction of sp³-hybridized carbons (Fsp3) is 0.0909. The predicted octanol–water partition coefficient (Wildman–Crippen LogP) is 3.24. The maximum atomic E-state index is 12.7. The summed E-state index contributed by atoms with van der Waals surface area (Å²) in [5, 5.41) is 2.86. The Morgan fingerprint density at radius 1 is 0.893 bits per heavy atom. The molecule has 0 radical (unpaired) electrons. The summed E-state index contributed by atoms with van der Waals surface area (Å²) in [4.78, 5) is 33.6. The van der Waals surface area contributed by atoms with E-state index >= 15 is 0 Å². The number of benzene rings is 2. The highest BCUT2D eigenvalue weighted by Gasteiger charge is 2.15. The molecule has 0 spiro atoms. The Hall–Kier alpha value is -3.80. The predicted molar refractivity (Wildman–Crippen MR) is 106 cm³/mol. The minimum atomic E-state index is -0.235. The normalized spacial score (nSPS) is 10.7. The van der Waals surface area contributed by atoms with Crippen LogP contribution in [0.15, 0.2) is 79.1 Å². The zero-order valence-corrected chi connectivity index (χ0v) is 15.1. The van der Waals surface area contributed by atoms with Gasteiger partial charge in [0.1, 0.15) is 5.82 Å². The van der Waals surface area contributed by atoms with Crippen molar-refractivity contribution in [1.82, 2.24) is 19.9 Å².